The Morgan fingerprint density at radius 1 is 0.769 bits per heavy atom. The number of methoxy groups -OCH3 is 1. The van der Waals surface area contributed by atoms with Crippen LogP contribution < -0.4 is 5.32 Å². The number of aryl methyl sites for hydroxylation is 2. The third-order valence-corrected chi connectivity index (χ3v) is 6.76. The van der Waals surface area contributed by atoms with Crippen LogP contribution >= 0.6 is 0 Å². The molecule has 2 aromatic carbocycles. The molecule has 0 unspecified atom stereocenters. The van der Waals surface area contributed by atoms with Gasteiger partial charge in [-0.15, -0.1) is 0 Å². The topological polar surface area (TPSA) is 100 Å². The second kappa shape index (κ2) is 16.8. The molecule has 0 bridgehead atoms. The summed E-state index contributed by atoms with van der Waals surface area (Å²) in [5, 5.41) is 2.73. The smallest absolute Gasteiger partial charge is 0.314 e. The number of hydrogen-bond donors (Lipinski definition) is 1. The van der Waals surface area contributed by atoms with E-state index in [1.807, 2.05) is 18.2 Å². The number of nitrogens with one attached hydrogen (secondary N) is 1. The fourth-order valence-electron chi connectivity index (χ4n) is 4.15. The van der Waals surface area contributed by atoms with Crippen molar-refractivity contribution in [1.29, 1.82) is 0 Å². The number of carbonyl (C=O) groups is 3. The molecular formula is C31H41NO7. The van der Waals surface area contributed by atoms with E-state index in [4.69, 9.17) is 18.9 Å². The summed E-state index contributed by atoms with van der Waals surface area (Å²) in [5.74, 6) is -0.893. The molecule has 1 aliphatic rings. The lowest BCUT2D eigenvalue weighted by molar-refractivity contribution is -0.153. The summed E-state index contributed by atoms with van der Waals surface area (Å²) in [7, 11) is 1.60. The molecule has 0 spiro atoms. The van der Waals surface area contributed by atoms with Crippen LogP contribution in [0, 0.1) is 5.41 Å². The molecule has 0 heterocycles. The first kappa shape index (κ1) is 30.5. The number of carbonyl (C=O) groups excluding carboxylic acids is 3. The van der Waals surface area contributed by atoms with E-state index in [0.29, 0.717) is 39.3 Å². The molecule has 0 atom stereocenters. The first-order valence-electron chi connectivity index (χ1n) is 13.7. The van der Waals surface area contributed by atoms with Gasteiger partial charge in [-0.05, 0) is 55.2 Å². The third-order valence-electron chi connectivity index (χ3n) is 6.76. The van der Waals surface area contributed by atoms with Crippen molar-refractivity contribution >= 4 is 17.7 Å². The number of esters is 1. The molecule has 1 amide bonds. The lowest BCUT2D eigenvalue weighted by Crippen LogP contribution is -2.37. The van der Waals surface area contributed by atoms with Gasteiger partial charge >= 0.3 is 5.97 Å². The highest BCUT2D eigenvalue weighted by atomic mass is 16.5. The van der Waals surface area contributed by atoms with E-state index >= 15 is 0 Å². The average Bonchev–Trinajstić information content (AvgIpc) is 3.75. The molecule has 1 saturated carbocycles. The molecule has 0 aromatic heterocycles. The second-order valence-corrected chi connectivity index (χ2v) is 10.0. The van der Waals surface area contributed by atoms with E-state index in [9.17, 15) is 14.4 Å². The molecule has 0 radical (unpaired) electrons. The molecule has 3 rings (SSSR count). The maximum atomic E-state index is 12.6. The summed E-state index contributed by atoms with van der Waals surface area (Å²) in [6.45, 7) is 1.46. The van der Waals surface area contributed by atoms with Crippen molar-refractivity contribution in [2.45, 2.75) is 44.9 Å². The molecule has 0 saturated heterocycles. The van der Waals surface area contributed by atoms with Crippen molar-refractivity contribution in [2.24, 2.45) is 5.41 Å². The van der Waals surface area contributed by atoms with Gasteiger partial charge in [-0.3, -0.25) is 14.4 Å². The largest absolute Gasteiger partial charge is 0.457 e. The van der Waals surface area contributed by atoms with Gasteiger partial charge in [-0.25, -0.2) is 0 Å². The fourth-order valence-corrected chi connectivity index (χ4v) is 4.15. The lowest BCUT2D eigenvalue weighted by Gasteiger charge is -2.15. The van der Waals surface area contributed by atoms with Crippen LogP contribution in [-0.2, 0) is 52.6 Å². The van der Waals surface area contributed by atoms with Crippen molar-refractivity contribution < 1.29 is 33.3 Å². The minimum Gasteiger partial charge on any atom is -0.457 e. The average molecular weight is 540 g/mol. The highest BCUT2D eigenvalue weighted by molar-refractivity contribution is 5.87. The van der Waals surface area contributed by atoms with Crippen LogP contribution in [0.1, 0.15) is 42.4 Å². The zero-order valence-corrected chi connectivity index (χ0v) is 23.0. The zero-order chi connectivity index (χ0) is 27.8. The fraction of sp³-hybridized carbons (Fsp3) is 0.516. The summed E-state index contributed by atoms with van der Waals surface area (Å²) < 4.78 is 20.7. The van der Waals surface area contributed by atoms with E-state index in [2.05, 4.69) is 41.7 Å². The standard InChI is InChI=1S/C31H41NO7/c1-36-17-18-37-19-20-38-23-29(34)32-24-31(15-16-31)30(35)39-22-28(33)21-27-13-11-26(12-14-27)10-6-5-9-25-7-3-2-4-8-25/h2-4,7-8,11-14H,5-6,9-10,15-24H2,1H3,(H,32,34). The third kappa shape index (κ3) is 11.7. The summed E-state index contributed by atoms with van der Waals surface area (Å²) in [6.07, 6.45) is 5.82. The number of ketones is 1. The molecular weight excluding hydrogens is 498 g/mol. The van der Waals surface area contributed by atoms with Gasteiger partial charge in [-0.1, -0.05) is 54.6 Å². The van der Waals surface area contributed by atoms with Crippen molar-refractivity contribution in [3.8, 4) is 0 Å². The maximum absolute atomic E-state index is 12.6. The second-order valence-electron chi connectivity index (χ2n) is 10.0. The number of ether oxygens (including phenoxy) is 4. The predicted octanol–water partition coefficient (Wildman–Crippen LogP) is 3.48. The Kier molecular flexibility index (Phi) is 13.1. The number of hydrogen-bond acceptors (Lipinski definition) is 7. The quantitative estimate of drug-likeness (QED) is 0.203. The summed E-state index contributed by atoms with van der Waals surface area (Å²) in [4.78, 5) is 37.0. The minimum absolute atomic E-state index is 0.107. The van der Waals surface area contributed by atoms with Gasteiger partial charge in [0, 0.05) is 20.1 Å². The Morgan fingerprint density at radius 2 is 1.38 bits per heavy atom. The van der Waals surface area contributed by atoms with Gasteiger partial charge in [0.05, 0.1) is 31.8 Å². The molecule has 8 nitrogen and oxygen atoms in total. The van der Waals surface area contributed by atoms with Crippen molar-refractivity contribution in [3.63, 3.8) is 0 Å². The molecule has 212 valence electrons. The van der Waals surface area contributed by atoms with Crippen LogP contribution in [0.3, 0.4) is 0 Å². The zero-order valence-electron chi connectivity index (χ0n) is 23.0. The number of benzene rings is 2. The van der Waals surface area contributed by atoms with E-state index in [1.165, 1.54) is 11.1 Å². The highest BCUT2D eigenvalue weighted by Gasteiger charge is 2.51. The summed E-state index contributed by atoms with van der Waals surface area (Å²) in [5.41, 5.74) is 2.79. The van der Waals surface area contributed by atoms with Gasteiger partial charge in [-0.2, -0.15) is 0 Å². The Hall–Kier alpha value is -3.07. The molecule has 1 fully saturated rings. The molecule has 8 heteroatoms. The molecule has 1 aliphatic carbocycles. The number of rotatable bonds is 20. The normalized spacial score (nSPS) is 13.6. The van der Waals surface area contributed by atoms with E-state index in [1.54, 1.807) is 7.11 Å². The number of Topliss-reactive ketones (excluding diaryl/α,β-unsaturated/α-hetero) is 1. The first-order chi connectivity index (χ1) is 19.0. The van der Waals surface area contributed by atoms with Crippen LogP contribution in [0.5, 0.6) is 0 Å². The van der Waals surface area contributed by atoms with Crippen LogP contribution in [0.15, 0.2) is 54.6 Å². The number of amides is 1. The van der Waals surface area contributed by atoms with E-state index < -0.39 is 11.4 Å². The van der Waals surface area contributed by atoms with Gasteiger partial charge in [0.15, 0.2) is 5.78 Å². The van der Waals surface area contributed by atoms with Crippen LogP contribution in [0.2, 0.25) is 0 Å². The molecule has 1 N–H and O–H groups in total. The van der Waals surface area contributed by atoms with Crippen LogP contribution in [-0.4, -0.2) is 71.0 Å². The SMILES string of the molecule is COCCOCCOCC(=O)NCC1(C(=O)OCC(=O)Cc2ccc(CCCCc3ccccc3)cc2)CC1. The molecule has 2 aromatic rings. The Labute approximate surface area is 231 Å². The highest BCUT2D eigenvalue weighted by Crippen LogP contribution is 2.46. The maximum Gasteiger partial charge on any atom is 0.314 e. The van der Waals surface area contributed by atoms with Gasteiger partial charge in [0.1, 0.15) is 13.2 Å². The monoisotopic (exact) mass is 539 g/mol. The lowest BCUT2D eigenvalue weighted by atomic mass is 10.0. The molecule has 39 heavy (non-hydrogen) atoms. The number of unbranched alkanes of at least 4 members (excludes halogenated alkanes) is 1. The Bertz CT molecular complexity index is 1020. The van der Waals surface area contributed by atoms with E-state index in [0.717, 1.165) is 31.2 Å². The van der Waals surface area contributed by atoms with Gasteiger partial charge < -0.3 is 24.3 Å². The first-order valence-corrected chi connectivity index (χ1v) is 13.7. The van der Waals surface area contributed by atoms with Crippen molar-refractivity contribution in [1.82, 2.24) is 5.32 Å². The van der Waals surface area contributed by atoms with Crippen LogP contribution in [0.4, 0.5) is 0 Å². The Morgan fingerprint density at radius 3 is 2.05 bits per heavy atom. The summed E-state index contributed by atoms with van der Waals surface area (Å²) in [6, 6.07) is 18.6. The Balaban J connectivity index is 1.26. The van der Waals surface area contributed by atoms with Gasteiger partial charge in [0.25, 0.3) is 0 Å². The van der Waals surface area contributed by atoms with Gasteiger partial charge in [0.2, 0.25) is 5.91 Å². The summed E-state index contributed by atoms with van der Waals surface area (Å²) >= 11 is 0. The predicted molar refractivity (Wildman–Crippen MR) is 147 cm³/mol. The van der Waals surface area contributed by atoms with Crippen molar-refractivity contribution in [2.75, 3.05) is 53.3 Å². The van der Waals surface area contributed by atoms with Crippen molar-refractivity contribution in [3.05, 3.63) is 71.3 Å². The van der Waals surface area contributed by atoms with E-state index in [-0.39, 0.29) is 37.9 Å². The molecule has 0 aliphatic heterocycles. The minimum atomic E-state index is -0.735. The van der Waals surface area contributed by atoms with Crippen LogP contribution in [0.25, 0.3) is 0 Å².